The number of nitrogens with zero attached hydrogens (tertiary/aromatic N) is 5. The lowest BCUT2D eigenvalue weighted by Gasteiger charge is -2.41. The predicted molar refractivity (Wildman–Crippen MR) is 289 cm³/mol. The number of hydrogen-bond acceptors (Lipinski definition) is 16. The summed E-state index contributed by atoms with van der Waals surface area (Å²) >= 11 is 1.93. The molecule has 3 fully saturated rings. The zero-order valence-electron chi connectivity index (χ0n) is 43.5. The Morgan fingerprint density at radius 3 is 1.82 bits per heavy atom. The van der Waals surface area contributed by atoms with Crippen molar-refractivity contribution in [2.75, 3.05) is 31.6 Å². The molecular formula is C54H62N8O11S2Si. The Morgan fingerprint density at radius 2 is 1.33 bits per heavy atom. The van der Waals surface area contributed by atoms with E-state index >= 15 is 0 Å². The first-order valence-corrected chi connectivity index (χ1v) is 29.3. The fraction of sp³-hybridized carbons (Fsp3) is 0.370. The number of oxime groups is 1. The fourth-order valence-corrected chi connectivity index (χ4v) is 11.6. The largest absolute Gasteiger partial charge is 0.450 e. The van der Waals surface area contributed by atoms with Crippen molar-refractivity contribution >= 4 is 78.1 Å². The minimum absolute atomic E-state index is 0.0320. The second-order valence-electron chi connectivity index (χ2n) is 20.9. The molecule has 0 saturated carbocycles. The van der Waals surface area contributed by atoms with Gasteiger partial charge in [0.2, 0.25) is 16.9 Å². The average Bonchev–Trinajstić information content (AvgIpc) is 4.18. The number of carbonyl (C=O) groups excluding carboxylic acids is 6. The van der Waals surface area contributed by atoms with Crippen molar-refractivity contribution in [3.63, 3.8) is 0 Å². The lowest BCUT2D eigenvalue weighted by atomic mass is 10.0. The first-order chi connectivity index (χ1) is 36.0. The minimum atomic E-state index is -2.56. The molecule has 0 radical (unpaired) electrons. The predicted octanol–water partition coefficient (Wildman–Crippen LogP) is 7.97. The van der Waals surface area contributed by atoms with Crippen molar-refractivity contribution in [1.29, 1.82) is 0 Å². The molecule has 400 valence electrons. The number of benzene rings is 4. The van der Waals surface area contributed by atoms with Crippen LogP contribution in [0.1, 0.15) is 81.7 Å². The van der Waals surface area contributed by atoms with Gasteiger partial charge in [-0.3, -0.25) is 24.8 Å². The van der Waals surface area contributed by atoms with Gasteiger partial charge in [0.25, 0.3) is 5.91 Å². The van der Waals surface area contributed by atoms with Crippen molar-refractivity contribution in [3.8, 4) is 0 Å². The average molecular weight is 1090 g/mol. The Labute approximate surface area is 450 Å². The van der Waals surface area contributed by atoms with Crippen LogP contribution in [0, 0.1) is 0 Å². The molecule has 19 nitrogen and oxygen atoms in total. The first-order valence-electron chi connectivity index (χ1n) is 24.6. The zero-order valence-corrected chi connectivity index (χ0v) is 46.1. The summed E-state index contributed by atoms with van der Waals surface area (Å²) in [4.78, 5) is 96.5. The Hall–Kier alpha value is -7.11. The number of thiazole rings is 1. The Morgan fingerprint density at radius 1 is 0.803 bits per heavy atom. The molecule has 1 aromatic heterocycles. The summed E-state index contributed by atoms with van der Waals surface area (Å²) in [5, 5.41) is 10.9. The van der Waals surface area contributed by atoms with Gasteiger partial charge in [-0.2, -0.15) is 0 Å². The van der Waals surface area contributed by atoms with Crippen molar-refractivity contribution in [2.45, 2.75) is 99.9 Å². The molecule has 22 heteroatoms. The first kappa shape index (κ1) is 55.1. The van der Waals surface area contributed by atoms with E-state index in [1.54, 1.807) is 20.8 Å². The summed E-state index contributed by atoms with van der Waals surface area (Å²) in [7, 11) is -2.56. The van der Waals surface area contributed by atoms with Crippen LogP contribution in [0.15, 0.2) is 132 Å². The number of urea groups is 1. The molecule has 4 atom stereocenters. The number of carbonyl (C=O) groups is 6. The van der Waals surface area contributed by atoms with E-state index in [0.29, 0.717) is 22.3 Å². The molecule has 76 heavy (non-hydrogen) atoms. The highest BCUT2D eigenvalue weighted by Crippen LogP contribution is 2.51. The number of hydrazine groups is 1. The van der Waals surface area contributed by atoms with Gasteiger partial charge in [0.1, 0.15) is 22.7 Å². The van der Waals surface area contributed by atoms with Gasteiger partial charge in [0.15, 0.2) is 31.4 Å². The van der Waals surface area contributed by atoms with Gasteiger partial charge < -0.3 is 33.7 Å². The van der Waals surface area contributed by atoms with E-state index in [1.807, 2.05) is 155 Å². The van der Waals surface area contributed by atoms with Crippen LogP contribution in [-0.4, -0.2) is 124 Å². The number of fused-ring (bicyclic) bond motifs is 1. The molecule has 0 unspecified atom stereocenters. The van der Waals surface area contributed by atoms with E-state index in [-0.39, 0.29) is 42.1 Å². The molecule has 3 aliphatic heterocycles. The molecule has 0 spiro atoms. The molecule has 5 amide bonds. The summed E-state index contributed by atoms with van der Waals surface area (Å²) in [5.74, 6) is 2.90. The number of esters is 2. The number of anilines is 1. The van der Waals surface area contributed by atoms with Gasteiger partial charge in [-0.15, -0.1) is 11.3 Å². The van der Waals surface area contributed by atoms with Gasteiger partial charge in [-0.1, -0.05) is 159 Å². The van der Waals surface area contributed by atoms with Crippen LogP contribution in [0.25, 0.3) is 0 Å². The van der Waals surface area contributed by atoms with E-state index in [9.17, 15) is 28.8 Å². The van der Waals surface area contributed by atoms with Gasteiger partial charge in [0, 0.05) is 11.9 Å². The number of hydrogen-bond donors (Lipinski definition) is 3. The molecule has 4 aromatic carbocycles. The molecule has 3 saturated heterocycles. The third-order valence-corrected chi connectivity index (χ3v) is 20.2. The third-order valence-electron chi connectivity index (χ3n) is 13.3. The fourth-order valence-electron chi connectivity index (χ4n) is 8.25. The van der Waals surface area contributed by atoms with Crippen molar-refractivity contribution < 1.29 is 52.2 Å². The quantitative estimate of drug-likeness (QED) is 0.0110. The van der Waals surface area contributed by atoms with Crippen LogP contribution in [0.2, 0.25) is 18.1 Å². The molecule has 8 rings (SSSR count). The smallest absolute Gasteiger partial charge is 0.413 e. The molecule has 4 heterocycles. The highest BCUT2D eigenvalue weighted by atomic mass is 32.2. The lowest BCUT2D eigenvalue weighted by molar-refractivity contribution is -0.163. The van der Waals surface area contributed by atoms with E-state index in [2.05, 4.69) is 20.8 Å². The maximum absolute atomic E-state index is 14.9. The van der Waals surface area contributed by atoms with Gasteiger partial charge in [0.05, 0.1) is 19.7 Å². The van der Waals surface area contributed by atoms with E-state index in [0.717, 1.165) is 28.1 Å². The molecular weight excluding hydrogens is 1030 g/mol. The molecule has 5 aromatic rings. The van der Waals surface area contributed by atoms with Gasteiger partial charge in [-0.25, -0.2) is 30.0 Å². The van der Waals surface area contributed by atoms with Crippen molar-refractivity contribution in [3.05, 3.63) is 155 Å². The number of aromatic nitrogens is 1. The summed E-state index contributed by atoms with van der Waals surface area (Å²) in [6.45, 7) is 14.8. The number of ether oxygens (including phenoxy) is 3. The van der Waals surface area contributed by atoms with E-state index in [1.165, 1.54) is 15.2 Å². The van der Waals surface area contributed by atoms with Crippen LogP contribution in [0.5, 0.6) is 0 Å². The van der Waals surface area contributed by atoms with Crippen molar-refractivity contribution in [2.24, 2.45) is 11.0 Å². The van der Waals surface area contributed by atoms with Gasteiger partial charge in [-0.05, 0) is 61.2 Å². The number of nitrogens with two attached hydrogens (primary N) is 1. The Kier molecular flexibility index (Phi) is 16.4. The topological polar surface area (TPSA) is 234 Å². The second-order valence-corrected chi connectivity index (χ2v) is 27.9. The van der Waals surface area contributed by atoms with E-state index < -0.39 is 90.1 Å². The summed E-state index contributed by atoms with van der Waals surface area (Å²) in [5.41, 5.74) is 1.30. The molecule has 3 aliphatic rings. The summed E-state index contributed by atoms with van der Waals surface area (Å²) < 4.78 is 24.6. The number of rotatable bonds is 18. The normalized spacial score (nSPS) is 19.2. The zero-order chi connectivity index (χ0) is 54.6. The van der Waals surface area contributed by atoms with Crippen LogP contribution in [0.3, 0.4) is 0 Å². The van der Waals surface area contributed by atoms with Gasteiger partial charge >= 0.3 is 24.1 Å². The Bertz CT molecular complexity index is 2860. The lowest BCUT2D eigenvalue weighted by Crippen LogP contribution is -2.68. The summed E-state index contributed by atoms with van der Waals surface area (Å²) in [6.07, 6.45) is -4.11. The minimum Gasteiger partial charge on any atom is -0.450 e. The number of thioether (sulfide) groups is 1. The number of nitrogens with one attached hydrogen (secondary N) is 2. The standard InChI is InChI=1S/C54H62N8O11S2Si/c1-52(2,3)72-50(67)58-49-56-38(32-74-49)40(59-73-39(31-69-76(7,8)53(4,5)6)47(65)70-42(34-21-13-9-14-22-34)35-23-15-10-16-24-35)44(63)57-41-45(64)60-33-54(75-46(41)60,61-29-30-62(55)51(61)68)48(66)71-43(36-25-17-11-18-26-36)37-27-19-12-20-28-37/h9-28,32,39,41-43,46H,29-31,33,55H2,1-8H3,(H,57,63)(H,56,58,67)/b59-40-/t39-,41-,46-,54-/m1/s1. The molecule has 0 bridgehead atoms. The maximum atomic E-state index is 14.9. The van der Waals surface area contributed by atoms with Crippen LogP contribution in [0.4, 0.5) is 14.7 Å². The maximum Gasteiger partial charge on any atom is 0.413 e. The Balaban J connectivity index is 1.11. The van der Waals surface area contributed by atoms with Crippen LogP contribution >= 0.6 is 23.1 Å². The summed E-state index contributed by atoms with van der Waals surface area (Å²) in [6, 6.07) is 34.7. The van der Waals surface area contributed by atoms with Crippen LogP contribution < -0.4 is 16.5 Å². The van der Waals surface area contributed by atoms with Crippen LogP contribution in [-0.2, 0) is 42.7 Å². The molecule has 4 N–H and O–H groups in total. The number of β-lactam (4-membered cyclic amide) rings is 1. The number of amides is 5. The second kappa shape index (κ2) is 22.6. The van der Waals surface area contributed by atoms with E-state index in [4.69, 9.17) is 29.3 Å². The van der Waals surface area contributed by atoms with Crippen molar-refractivity contribution in [1.82, 2.24) is 25.1 Å². The SMILES string of the molecule is CC(C)(C)OC(=O)Nc1nc(/C(=N/O[C@H](CO[Si](C)(C)C(C)(C)C)C(=O)OC(c2ccccc2)c2ccccc2)C(=O)N[C@@H]2C(=O)N3C[C@@](C(=O)OC(c4ccccc4)c4ccccc4)(N4CCN(N)C4=O)S[C@H]23)cs1. The third kappa shape index (κ3) is 12.3. The molecule has 0 aliphatic carbocycles. The monoisotopic (exact) mass is 1090 g/mol. The highest BCUT2D eigenvalue weighted by Gasteiger charge is 2.67. The highest BCUT2D eigenvalue weighted by molar-refractivity contribution is 8.02.